The van der Waals surface area contributed by atoms with Gasteiger partial charge in [0, 0.05) is 19.1 Å². The van der Waals surface area contributed by atoms with Gasteiger partial charge in [0.2, 0.25) is 0 Å². The molecule has 1 aliphatic heterocycles. The fourth-order valence-corrected chi connectivity index (χ4v) is 3.68. The standard InChI is InChI=1S/C21H34N2O3.ClH/c1-15(2)19-7-6-18(12-16(19)3)26-17(4)20(24)23-13-21(14-25-5)8-10-22-11-9-21;/h6-7,12,15,17,22H,8-11,13-14H2,1-5H3,(H,23,24);1H. The molecule has 0 aliphatic carbocycles. The van der Waals surface area contributed by atoms with Crippen LogP contribution < -0.4 is 15.4 Å². The third-order valence-corrected chi connectivity index (χ3v) is 5.30. The quantitative estimate of drug-likeness (QED) is 0.704. The van der Waals surface area contributed by atoms with E-state index in [0.29, 0.717) is 19.1 Å². The Labute approximate surface area is 170 Å². The van der Waals surface area contributed by atoms with E-state index in [4.69, 9.17) is 9.47 Å². The van der Waals surface area contributed by atoms with Crippen molar-refractivity contribution in [3.05, 3.63) is 29.3 Å². The molecule has 1 saturated heterocycles. The highest BCUT2D eigenvalue weighted by molar-refractivity contribution is 5.85. The first-order valence-corrected chi connectivity index (χ1v) is 9.61. The lowest BCUT2D eigenvalue weighted by Crippen LogP contribution is -2.49. The van der Waals surface area contributed by atoms with Gasteiger partial charge in [-0.3, -0.25) is 4.79 Å². The van der Waals surface area contributed by atoms with Gasteiger partial charge < -0.3 is 20.1 Å². The Morgan fingerprint density at radius 1 is 1.26 bits per heavy atom. The van der Waals surface area contributed by atoms with Crippen LogP contribution in [0.15, 0.2) is 18.2 Å². The maximum absolute atomic E-state index is 12.5. The second-order valence-corrected chi connectivity index (χ2v) is 7.83. The zero-order chi connectivity index (χ0) is 19.2. The number of methoxy groups -OCH3 is 1. The first-order valence-electron chi connectivity index (χ1n) is 9.61. The topological polar surface area (TPSA) is 59.6 Å². The second-order valence-electron chi connectivity index (χ2n) is 7.83. The second kappa shape index (κ2) is 10.9. The highest BCUT2D eigenvalue weighted by atomic mass is 35.5. The highest BCUT2D eigenvalue weighted by Gasteiger charge is 2.33. The normalized spacial score (nSPS) is 17.1. The molecule has 1 heterocycles. The summed E-state index contributed by atoms with van der Waals surface area (Å²) >= 11 is 0. The zero-order valence-electron chi connectivity index (χ0n) is 17.3. The number of aryl methyl sites for hydroxylation is 1. The fourth-order valence-electron chi connectivity index (χ4n) is 3.68. The van der Waals surface area contributed by atoms with Crippen molar-refractivity contribution in [2.45, 2.75) is 52.6 Å². The Balaban J connectivity index is 0.00000364. The Morgan fingerprint density at radius 3 is 2.48 bits per heavy atom. The van der Waals surface area contributed by atoms with Crippen LogP contribution in [0.4, 0.5) is 0 Å². The molecule has 1 unspecified atom stereocenters. The summed E-state index contributed by atoms with van der Waals surface area (Å²) in [5.41, 5.74) is 2.52. The number of benzene rings is 1. The number of piperidine rings is 1. The minimum absolute atomic E-state index is 0. The molecule has 0 bridgehead atoms. The molecule has 6 heteroatoms. The zero-order valence-corrected chi connectivity index (χ0v) is 18.1. The molecule has 1 aromatic rings. The van der Waals surface area contributed by atoms with Crippen LogP contribution in [-0.2, 0) is 9.53 Å². The molecule has 0 aromatic heterocycles. The van der Waals surface area contributed by atoms with E-state index >= 15 is 0 Å². The van der Waals surface area contributed by atoms with E-state index in [9.17, 15) is 4.79 Å². The van der Waals surface area contributed by atoms with Crippen molar-refractivity contribution >= 4 is 18.3 Å². The number of ether oxygens (including phenoxy) is 2. The van der Waals surface area contributed by atoms with Crippen LogP contribution in [0.5, 0.6) is 5.75 Å². The molecule has 1 fully saturated rings. The maximum Gasteiger partial charge on any atom is 0.260 e. The average molecular weight is 399 g/mol. The van der Waals surface area contributed by atoms with Crippen LogP contribution in [-0.4, -0.2) is 45.4 Å². The predicted molar refractivity (Wildman–Crippen MR) is 112 cm³/mol. The molecule has 1 aromatic carbocycles. The minimum atomic E-state index is -0.527. The first-order chi connectivity index (χ1) is 12.4. The molecular weight excluding hydrogens is 364 g/mol. The maximum atomic E-state index is 12.5. The SMILES string of the molecule is COCC1(CNC(=O)C(C)Oc2ccc(C(C)C)c(C)c2)CCNCC1.Cl. The minimum Gasteiger partial charge on any atom is -0.481 e. The average Bonchev–Trinajstić information content (AvgIpc) is 2.60. The molecule has 1 aliphatic rings. The van der Waals surface area contributed by atoms with Crippen molar-refractivity contribution in [2.24, 2.45) is 5.41 Å². The monoisotopic (exact) mass is 398 g/mol. The van der Waals surface area contributed by atoms with E-state index in [1.54, 1.807) is 14.0 Å². The van der Waals surface area contributed by atoms with Crippen molar-refractivity contribution < 1.29 is 14.3 Å². The van der Waals surface area contributed by atoms with Crippen LogP contribution in [0.25, 0.3) is 0 Å². The van der Waals surface area contributed by atoms with E-state index in [0.717, 1.165) is 31.7 Å². The highest BCUT2D eigenvalue weighted by Crippen LogP contribution is 2.28. The van der Waals surface area contributed by atoms with Gasteiger partial charge in [-0.1, -0.05) is 19.9 Å². The lowest BCUT2D eigenvalue weighted by Gasteiger charge is -2.37. The van der Waals surface area contributed by atoms with Crippen molar-refractivity contribution in [1.29, 1.82) is 0 Å². The molecule has 0 radical (unpaired) electrons. The van der Waals surface area contributed by atoms with Crippen molar-refractivity contribution in [2.75, 3.05) is 33.4 Å². The van der Waals surface area contributed by atoms with Crippen LogP contribution in [0, 0.1) is 12.3 Å². The summed E-state index contributed by atoms with van der Waals surface area (Å²) in [6.45, 7) is 11.5. The largest absolute Gasteiger partial charge is 0.481 e. The number of nitrogens with one attached hydrogen (secondary N) is 2. The van der Waals surface area contributed by atoms with Crippen LogP contribution in [0.2, 0.25) is 0 Å². The van der Waals surface area contributed by atoms with E-state index in [-0.39, 0.29) is 23.7 Å². The van der Waals surface area contributed by atoms with E-state index in [1.165, 1.54) is 11.1 Å². The number of carbonyl (C=O) groups is 1. The molecule has 5 nitrogen and oxygen atoms in total. The number of carbonyl (C=O) groups excluding carboxylic acids is 1. The molecule has 1 atom stereocenters. The van der Waals surface area contributed by atoms with E-state index in [1.807, 2.05) is 12.1 Å². The summed E-state index contributed by atoms with van der Waals surface area (Å²) in [4.78, 5) is 12.5. The summed E-state index contributed by atoms with van der Waals surface area (Å²) in [5.74, 6) is 1.14. The molecule has 0 saturated carbocycles. The molecule has 1 amide bonds. The van der Waals surface area contributed by atoms with Gasteiger partial charge in [-0.05, 0) is 69.0 Å². The number of rotatable bonds is 8. The number of hydrogen-bond acceptors (Lipinski definition) is 4. The lowest BCUT2D eigenvalue weighted by atomic mass is 9.79. The number of amides is 1. The van der Waals surface area contributed by atoms with Gasteiger partial charge in [0.05, 0.1) is 6.61 Å². The summed E-state index contributed by atoms with van der Waals surface area (Å²) in [6.07, 6.45) is 1.49. The lowest BCUT2D eigenvalue weighted by molar-refractivity contribution is -0.128. The van der Waals surface area contributed by atoms with Gasteiger partial charge >= 0.3 is 0 Å². The molecule has 0 spiro atoms. The fraction of sp³-hybridized carbons (Fsp3) is 0.667. The van der Waals surface area contributed by atoms with Crippen molar-refractivity contribution in [1.82, 2.24) is 10.6 Å². The third-order valence-electron chi connectivity index (χ3n) is 5.30. The Kier molecular flexibility index (Phi) is 9.57. The van der Waals surface area contributed by atoms with Crippen LogP contribution in [0.1, 0.15) is 50.7 Å². The van der Waals surface area contributed by atoms with Crippen molar-refractivity contribution in [3.63, 3.8) is 0 Å². The molecule has 2 rings (SSSR count). The van der Waals surface area contributed by atoms with Crippen molar-refractivity contribution in [3.8, 4) is 5.75 Å². The number of hydrogen-bond donors (Lipinski definition) is 2. The van der Waals surface area contributed by atoms with Gasteiger partial charge in [-0.15, -0.1) is 12.4 Å². The van der Waals surface area contributed by atoms with E-state index < -0.39 is 6.10 Å². The Hall–Kier alpha value is -1.30. The van der Waals surface area contributed by atoms with Gasteiger partial charge in [0.1, 0.15) is 5.75 Å². The summed E-state index contributed by atoms with van der Waals surface area (Å²) in [7, 11) is 1.72. The number of halogens is 1. The van der Waals surface area contributed by atoms with Gasteiger partial charge in [-0.2, -0.15) is 0 Å². The van der Waals surface area contributed by atoms with E-state index in [2.05, 4.69) is 37.5 Å². The summed E-state index contributed by atoms with van der Waals surface area (Å²) in [6, 6.07) is 6.05. The molecular formula is C21H35ClN2O3. The first kappa shape index (κ1) is 23.7. The molecule has 2 N–H and O–H groups in total. The van der Waals surface area contributed by atoms with Crippen LogP contribution >= 0.6 is 12.4 Å². The predicted octanol–water partition coefficient (Wildman–Crippen LogP) is 3.44. The third kappa shape index (κ3) is 6.66. The molecule has 27 heavy (non-hydrogen) atoms. The van der Waals surface area contributed by atoms with Gasteiger partial charge in [0.15, 0.2) is 6.10 Å². The van der Waals surface area contributed by atoms with Crippen LogP contribution in [0.3, 0.4) is 0 Å². The Bertz CT molecular complexity index is 596. The van der Waals surface area contributed by atoms with Gasteiger partial charge in [0.25, 0.3) is 5.91 Å². The summed E-state index contributed by atoms with van der Waals surface area (Å²) in [5, 5.41) is 6.44. The van der Waals surface area contributed by atoms with Gasteiger partial charge in [-0.25, -0.2) is 0 Å². The Morgan fingerprint density at radius 2 is 1.93 bits per heavy atom. The summed E-state index contributed by atoms with van der Waals surface area (Å²) < 4.78 is 11.3. The molecule has 154 valence electrons. The smallest absolute Gasteiger partial charge is 0.260 e.